The van der Waals surface area contributed by atoms with Gasteiger partial charge in [0.05, 0.1) is 22.6 Å². The molecule has 1 aliphatic carbocycles. The van der Waals surface area contributed by atoms with E-state index in [1.165, 1.54) is 4.90 Å². The van der Waals surface area contributed by atoms with Crippen LogP contribution in [0.4, 0.5) is 5.82 Å². The van der Waals surface area contributed by atoms with Crippen LogP contribution in [0.25, 0.3) is 22.6 Å². The van der Waals surface area contributed by atoms with Gasteiger partial charge in [-0.25, -0.2) is 24.9 Å². The highest BCUT2D eigenvalue weighted by Crippen LogP contribution is 2.43. The number of rotatable bonds is 9. The lowest BCUT2D eigenvalue weighted by atomic mass is 10.1. The number of hydrogen-bond donors (Lipinski definition) is 1. The van der Waals surface area contributed by atoms with Crippen molar-refractivity contribution in [3.8, 4) is 11.4 Å². The molecule has 3 aromatic heterocycles. The predicted octanol–water partition coefficient (Wildman–Crippen LogP) is 5.83. The molecule has 37 heavy (non-hydrogen) atoms. The van der Waals surface area contributed by atoms with Gasteiger partial charge in [0.2, 0.25) is 0 Å². The second kappa shape index (κ2) is 10.6. The van der Waals surface area contributed by atoms with Crippen LogP contribution in [0.3, 0.4) is 0 Å². The molecule has 1 fully saturated rings. The molecule has 192 valence electrons. The van der Waals surface area contributed by atoms with Crippen LogP contribution in [-0.2, 0) is 6.54 Å². The number of aromatic nitrogens is 6. The third-order valence-electron chi connectivity index (χ3n) is 6.89. The molecule has 8 nitrogen and oxygen atoms in total. The number of thioether (sulfide) groups is 1. The highest BCUT2D eigenvalue weighted by molar-refractivity contribution is 7.99. The van der Waals surface area contributed by atoms with Crippen molar-refractivity contribution < 1.29 is 0 Å². The van der Waals surface area contributed by atoms with E-state index in [2.05, 4.69) is 53.4 Å². The summed E-state index contributed by atoms with van der Waals surface area (Å²) in [6, 6.07) is 8.34. The van der Waals surface area contributed by atoms with Crippen molar-refractivity contribution in [2.45, 2.75) is 77.3 Å². The fraction of sp³-hybridized carbons (Fsp3) is 0.429. The second-order valence-corrected chi connectivity index (χ2v) is 11.0. The van der Waals surface area contributed by atoms with Crippen molar-refractivity contribution in [1.29, 1.82) is 0 Å². The maximum absolute atomic E-state index is 13.7. The van der Waals surface area contributed by atoms with Gasteiger partial charge in [-0.05, 0) is 63.5 Å². The normalized spacial score (nSPS) is 14.2. The van der Waals surface area contributed by atoms with E-state index >= 15 is 0 Å². The summed E-state index contributed by atoms with van der Waals surface area (Å²) in [4.78, 5) is 38.5. The van der Waals surface area contributed by atoms with Crippen LogP contribution >= 0.6 is 11.8 Å². The molecule has 0 radical (unpaired) electrons. The van der Waals surface area contributed by atoms with Crippen molar-refractivity contribution in [1.82, 2.24) is 29.5 Å². The zero-order chi connectivity index (χ0) is 26.1. The number of anilines is 1. The minimum Gasteiger partial charge on any atom is -0.361 e. The molecule has 5 rings (SSSR count). The minimum atomic E-state index is -0.174. The summed E-state index contributed by atoms with van der Waals surface area (Å²) in [7, 11) is 0. The van der Waals surface area contributed by atoms with Crippen LogP contribution in [0.5, 0.6) is 0 Å². The Balaban J connectivity index is 1.59. The molecule has 3 heterocycles. The van der Waals surface area contributed by atoms with Crippen LogP contribution in [0.15, 0.2) is 40.3 Å². The number of nitrogens with zero attached hydrogens (tertiary/aromatic N) is 6. The van der Waals surface area contributed by atoms with E-state index in [-0.39, 0.29) is 11.6 Å². The Morgan fingerprint density at radius 2 is 1.81 bits per heavy atom. The Hall–Kier alpha value is -3.33. The summed E-state index contributed by atoms with van der Waals surface area (Å²) < 4.78 is 1.76. The molecule has 1 aliphatic rings. The Morgan fingerprint density at radius 3 is 2.49 bits per heavy atom. The first-order valence-electron chi connectivity index (χ1n) is 13.0. The minimum absolute atomic E-state index is 0.0536. The van der Waals surface area contributed by atoms with E-state index in [4.69, 9.17) is 15.0 Å². The molecule has 4 aromatic rings. The van der Waals surface area contributed by atoms with E-state index in [1.54, 1.807) is 10.9 Å². The lowest BCUT2D eigenvalue weighted by molar-refractivity contribution is 0.526. The van der Waals surface area contributed by atoms with Crippen LogP contribution < -0.4 is 10.9 Å². The topological polar surface area (TPSA) is 98.5 Å². The predicted molar refractivity (Wildman–Crippen MR) is 149 cm³/mol. The Bertz CT molecular complexity index is 1500. The Morgan fingerprint density at radius 1 is 1.05 bits per heavy atom. The molecular weight excluding hydrogens is 482 g/mol. The fourth-order valence-corrected chi connectivity index (χ4v) is 5.19. The van der Waals surface area contributed by atoms with Crippen LogP contribution in [-0.4, -0.2) is 35.2 Å². The fourth-order valence-electron chi connectivity index (χ4n) is 4.53. The van der Waals surface area contributed by atoms with E-state index in [0.29, 0.717) is 35.3 Å². The highest BCUT2D eigenvalue weighted by atomic mass is 32.2. The quantitative estimate of drug-likeness (QED) is 0.278. The molecule has 1 unspecified atom stereocenters. The van der Waals surface area contributed by atoms with E-state index in [9.17, 15) is 4.79 Å². The summed E-state index contributed by atoms with van der Waals surface area (Å²) in [5.74, 6) is 2.34. The van der Waals surface area contributed by atoms with Gasteiger partial charge < -0.3 is 5.32 Å². The zero-order valence-electron chi connectivity index (χ0n) is 22.1. The van der Waals surface area contributed by atoms with Gasteiger partial charge in [0.1, 0.15) is 11.8 Å². The molecule has 0 aliphatic heterocycles. The van der Waals surface area contributed by atoms with Crippen molar-refractivity contribution in [2.75, 3.05) is 11.1 Å². The zero-order valence-corrected chi connectivity index (χ0v) is 22.9. The molecule has 0 bridgehead atoms. The monoisotopic (exact) mass is 515 g/mol. The third-order valence-corrected chi connectivity index (χ3v) is 7.79. The van der Waals surface area contributed by atoms with Gasteiger partial charge in [-0.1, -0.05) is 26.0 Å². The average molecular weight is 516 g/mol. The van der Waals surface area contributed by atoms with Crippen molar-refractivity contribution >= 4 is 28.7 Å². The van der Waals surface area contributed by atoms with Gasteiger partial charge in [-0.3, -0.25) is 9.36 Å². The molecule has 0 spiro atoms. The summed E-state index contributed by atoms with van der Waals surface area (Å²) in [5, 5.41) is 3.28. The van der Waals surface area contributed by atoms with E-state index in [1.807, 2.05) is 32.5 Å². The van der Waals surface area contributed by atoms with Crippen molar-refractivity contribution in [3.63, 3.8) is 0 Å². The summed E-state index contributed by atoms with van der Waals surface area (Å²) in [5.41, 5.74) is 5.55. The van der Waals surface area contributed by atoms with Crippen LogP contribution in [0, 0.1) is 13.8 Å². The van der Waals surface area contributed by atoms with E-state index < -0.39 is 0 Å². The van der Waals surface area contributed by atoms with Gasteiger partial charge in [-0.15, -0.1) is 11.8 Å². The Labute approximate surface area is 221 Å². The highest BCUT2D eigenvalue weighted by Gasteiger charge is 2.30. The molecule has 1 atom stereocenters. The van der Waals surface area contributed by atoms with Gasteiger partial charge in [0.25, 0.3) is 5.56 Å². The van der Waals surface area contributed by atoms with Crippen LogP contribution in [0.2, 0.25) is 0 Å². The summed E-state index contributed by atoms with van der Waals surface area (Å²) in [6.45, 7) is 10.7. The number of fused-ring (bicyclic) bond motifs is 1. The molecule has 1 saturated carbocycles. The summed E-state index contributed by atoms with van der Waals surface area (Å²) in [6.07, 6.45) is 4.63. The maximum Gasteiger partial charge on any atom is 0.295 e. The largest absolute Gasteiger partial charge is 0.361 e. The SMILES string of the molecule is CCSc1ccc(CNc2nc3c(C)nc(-c4c(C)ncnc4C4CC4)nc3n(C(C)CC)c2=O)cc1. The van der Waals surface area contributed by atoms with Crippen LogP contribution in [0.1, 0.15) is 74.6 Å². The number of aryl methyl sites for hydroxylation is 2. The first kappa shape index (κ1) is 25.3. The van der Waals surface area contributed by atoms with Gasteiger partial charge >= 0.3 is 0 Å². The number of benzene rings is 1. The molecule has 1 N–H and O–H groups in total. The number of hydrogen-bond acceptors (Lipinski definition) is 8. The first-order chi connectivity index (χ1) is 17.9. The molecular formula is C28H33N7OS. The molecule has 9 heteroatoms. The number of nitrogens with one attached hydrogen (secondary N) is 1. The average Bonchev–Trinajstić information content (AvgIpc) is 3.74. The summed E-state index contributed by atoms with van der Waals surface area (Å²) >= 11 is 1.81. The van der Waals surface area contributed by atoms with Crippen molar-refractivity contribution in [2.24, 2.45) is 0 Å². The molecule has 0 saturated heterocycles. The van der Waals surface area contributed by atoms with Gasteiger partial charge in [0, 0.05) is 23.4 Å². The smallest absolute Gasteiger partial charge is 0.295 e. The van der Waals surface area contributed by atoms with E-state index in [0.717, 1.165) is 53.2 Å². The van der Waals surface area contributed by atoms with Crippen molar-refractivity contribution in [3.05, 3.63) is 63.6 Å². The Kier molecular flexibility index (Phi) is 7.24. The first-order valence-corrected chi connectivity index (χ1v) is 14.0. The van der Waals surface area contributed by atoms with Gasteiger partial charge in [0.15, 0.2) is 17.3 Å². The second-order valence-electron chi connectivity index (χ2n) is 9.62. The lowest BCUT2D eigenvalue weighted by Crippen LogP contribution is -2.28. The third kappa shape index (κ3) is 5.09. The molecule has 0 amide bonds. The standard InChI is InChI=1S/C28H33N7OS/c1-6-16(3)35-27-23(33-26(28(35)36)29-14-19-8-12-21(13-9-19)37-7-2)18(5)32-25(34-27)22-17(4)30-15-31-24(22)20-10-11-20/h8-9,12-13,15-16,20H,6-7,10-11,14H2,1-5H3,(H,29,33). The van der Waals surface area contributed by atoms with Gasteiger partial charge in [-0.2, -0.15) is 0 Å². The molecule has 1 aromatic carbocycles. The lowest BCUT2D eigenvalue weighted by Gasteiger charge is -2.19. The maximum atomic E-state index is 13.7.